The van der Waals surface area contributed by atoms with Gasteiger partial charge in [-0.15, -0.1) is 0 Å². The summed E-state index contributed by atoms with van der Waals surface area (Å²) in [6.45, 7) is 4.43. The van der Waals surface area contributed by atoms with Crippen LogP contribution >= 0.6 is 28.1 Å². The van der Waals surface area contributed by atoms with E-state index >= 15 is 0 Å². The number of thiocarbonyl (C=S) groups is 1. The van der Waals surface area contributed by atoms with Gasteiger partial charge >= 0.3 is 5.97 Å². The average molecular weight is 404 g/mol. The van der Waals surface area contributed by atoms with E-state index in [0.29, 0.717) is 34.2 Å². The highest BCUT2D eigenvalue weighted by Crippen LogP contribution is 2.33. The second-order valence-electron chi connectivity index (χ2n) is 4.17. The summed E-state index contributed by atoms with van der Waals surface area (Å²) in [5, 5.41) is 16.1. The summed E-state index contributed by atoms with van der Waals surface area (Å²) in [7, 11) is 0. The molecule has 0 heterocycles. The van der Waals surface area contributed by atoms with E-state index in [9.17, 15) is 4.79 Å². The van der Waals surface area contributed by atoms with E-state index in [1.165, 1.54) is 0 Å². The molecule has 1 rings (SSSR count). The van der Waals surface area contributed by atoms with Gasteiger partial charge in [0.1, 0.15) is 0 Å². The van der Waals surface area contributed by atoms with Crippen molar-refractivity contribution in [3.05, 3.63) is 22.2 Å². The molecular weight excluding hydrogens is 386 g/mol. The van der Waals surface area contributed by atoms with Gasteiger partial charge in [0.25, 0.3) is 0 Å². The number of carboxylic acids is 1. The molecule has 7 nitrogen and oxygen atoms in total. The van der Waals surface area contributed by atoms with Gasteiger partial charge in [0.15, 0.2) is 23.2 Å². The van der Waals surface area contributed by atoms with Crippen LogP contribution < -0.4 is 20.2 Å². The zero-order valence-corrected chi connectivity index (χ0v) is 15.2. The van der Waals surface area contributed by atoms with Gasteiger partial charge in [0, 0.05) is 16.6 Å². The lowest BCUT2D eigenvalue weighted by molar-refractivity contribution is -0.139. The molecule has 0 radical (unpaired) electrons. The number of benzene rings is 1. The molecule has 0 saturated carbocycles. The Morgan fingerprint density at radius 3 is 2.70 bits per heavy atom. The molecule has 0 aliphatic heterocycles. The first-order valence-corrected chi connectivity index (χ1v) is 8.05. The molecule has 3 N–H and O–H groups in total. The first kappa shape index (κ1) is 19.2. The summed E-state index contributed by atoms with van der Waals surface area (Å²) in [5.41, 5.74) is 3.41. The maximum Gasteiger partial charge on any atom is 0.341 e. The molecule has 1 aromatic carbocycles. The summed E-state index contributed by atoms with van der Waals surface area (Å²) in [6.07, 6.45) is 1.57. The summed E-state index contributed by atoms with van der Waals surface area (Å²) in [6, 6.07) is 3.34. The number of rotatable bonds is 8. The molecule has 0 aliphatic rings. The number of nitrogens with zero attached hydrogens (tertiary/aromatic N) is 1. The Morgan fingerprint density at radius 1 is 1.39 bits per heavy atom. The fourth-order valence-corrected chi connectivity index (χ4v) is 2.15. The van der Waals surface area contributed by atoms with Crippen LogP contribution in [0.25, 0.3) is 0 Å². The molecule has 23 heavy (non-hydrogen) atoms. The molecule has 0 aliphatic carbocycles. The minimum Gasteiger partial charge on any atom is -0.490 e. The number of hydrazone groups is 1. The van der Waals surface area contributed by atoms with E-state index in [1.54, 1.807) is 18.3 Å². The maximum absolute atomic E-state index is 10.6. The molecule has 0 unspecified atom stereocenters. The molecule has 0 amide bonds. The van der Waals surface area contributed by atoms with Crippen LogP contribution in [0.5, 0.6) is 11.5 Å². The number of hydrogen-bond acceptors (Lipinski definition) is 5. The van der Waals surface area contributed by atoms with Crippen molar-refractivity contribution in [1.29, 1.82) is 0 Å². The molecule has 1 aromatic rings. The van der Waals surface area contributed by atoms with E-state index in [4.69, 9.17) is 26.8 Å². The normalized spacial score (nSPS) is 10.4. The van der Waals surface area contributed by atoms with Crippen molar-refractivity contribution in [3.8, 4) is 11.5 Å². The lowest BCUT2D eigenvalue weighted by Gasteiger charge is -2.12. The summed E-state index contributed by atoms with van der Waals surface area (Å²) < 4.78 is 11.4. The number of aliphatic carboxylic acids is 1. The van der Waals surface area contributed by atoms with Crippen LogP contribution in [0.4, 0.5) is 0 Å². The van der Waals surface area contributed by atoms with Gasteiger partial charge in [-0.1, -0.05) is 0 Å². The van der Waals surface area contributed by atoms with E-state index in [1.807, 2.05) is 13.8 Å². The number of ether oxygens (including phenoxy) is 2. The largest absolute Gasteiger partial charge is 0.490 e. The molecule has 0 aromatic heterocycles. The fourth-order valence-electron chi connectivity index (χ4n) is 1.53. The van der Waals surface area contributed by atoms with Crippen LogP contribution in [0.3, 0.4) is 0 Å². The topological polar surface area (TPSA) is 92.2 Å². The van der Waals surface area contributed by atoms with Crippen molar-refractivity contribution in [3.63, 3.8) is 0 Å². The Balaban J connectivity index is 2.91. The zero-order chi connectivity index (χ0) is 17.2. The van der Waals surface area contributed by atoms with Gasteiger partial charge < -0.3 is 19.9 Å². The first-order valence-electron chi connectivity index (χ1n) is 6.85. The molecule has 0 saturated heterocycles. The zero-order valence-electron chi connectivity index (χ0n) is 12.8. The molecule has 0 fully saturated rings. The predicted molar refractivity (Wildman–Crippen MR) is 95.4 cm³/mol. The number of carbonyl (C=O) groups is 1. The monoisotopic (exact) mass is 403 g/mol. The van der Waals surface area contributed by atoms with Gasteiger partial charge in [-0.2, -0.15) is 5.10 Å². The van der Waals surface area contributed by atoms with Crippen molar-refractivity contribution in [2.24, 2.45) is 5.10 Å². The maximum atomic E-state index is 10.6. The number of nitrogens with one attached hydrogen (secondary N) is 2. The molecule has 9 heteroatoms. The predicted octanol–water partition coefficient (Wildman–Crippen LogP) is 2.13. The Labute approximate surface area is 148 Å². The summed E-state index contributed by atoms with van der Waals surface area (Å²) in [5.74, 6) is -0.280. The molecule has 0 bridgehead atoms. The highest BCUT2D eigenvalue weighted by molar-refractivity contribution is 9.10. The van der Waals surface area contributed by atoms with Crippen molar-refractivity contribution < 1.29 is 19.4 Å². The lowest BCUT2D eigenvalue weighted by atomic mass is 10.2. The smallest absolute Gasteiger partial charge is 0.341 e. The van der Waals surface area contributed by atoms with Crippen LogP contribution in [0, 0.1) is 0 Å². The Bertz CT molecular complexity index is 596. The Kier molecular flexibility index (Phi) is 8.35. The average Bonchev–Trinajstić information content (AvgIpc) is 2.49. The van der Waals surface area contributed by atoms with E-state index in [0.717, 1.165) is 5.56 Å². The first-order chi connectivity index (χ1) is 11.0. The number of halogens is 1. The van der Waals surface area contributed by atoms with Gasteiger partial charge in [0.05, 0.1) is 12.8 Å². The van der Waals surface area contributed by atoms with Crippen LogP contribution in [0.2, 0.25) is 0 Å². The fraction of sp³-hybridized carbons (Fsp3) is 0.357. The van der Waals surface area contributed by atoms with Crippen LogP contribution in [-0.2, 0) is 4.79 Å². The van der Waals surface area contributed by atoms with Gasteiger partial charge in [-0.25, -0.2) is 4.79 Å². The van der Waals surface area contributed by atoms with Crippen molar-refractivity contribution in [1.82, 2.24) is 10.7 Å². The van der Waals surface area contributed by atoms with Crippen LogP contribution in [0.15, 0.2) is 21.7 Å². The third-order valence-electron chi connectivity index (χ3n) is 2.42. The van der Waals surface area contributed by atoms with E-state index in [-0.39, 0.29) is 0 Å². The quantitative estimate of drug-likeness (QED) is 0.347. The summed E-state index contributed by atoms with van der Waals surface area (Å²) in [4.78, 5) is 10.6. The number of hydrogen-bond donors (Lipinski definition) is 3. The molecule has 0 spiro atoms. The molecule has 126 valence electrons. The lowest BCUT2D eigenvalue weighted by Crippen LogP contribution is -2.31. The Hall–Kier alpha value is -1.87. The third-order valence-corrected chi connectivity index (χ3v) is 3.34. The molecule has 0 atom stereocenters. The van der Waals surface area contributed by atoms with Gasteiger partial charge in [-0.3, -0.25) is 5.43 Å². The summed E-state index contributed by atoms with van der Waals surface area (Å²) >= 11 is 8.39. The SMILES string of the molecule is CCNC(=S)N/N=C\c1cc(OCC)c(OCC(=O)O)cc1Br. The highest BCUT2D eigenvalue weighted by atomic mass is 79.9. The second kappa shape index (κ2) is 10.0. The highest BCUT2D eigenvalue weighted by Gasteiger charge is 2.11. The second-order valence-corrected chi connectivity index (χ2v) is 5.43. The molecular formula is C14H18BrN3O4S. The van der Waals surface area contributed by atoms with Crippen LogP contribution in [0.1, 0.15) is 19.4 Å². The van der Waals surface area contributed by atoms with Crippen molar-refractivity contribution in [2.45, 2.75) is 13.8 Å². The van der Waals surface area contributed by atoms with Crippen molar-refractivity contribution >= 4 is 45.4 Å². The van der Waals surface area contributed by atoms with Gasteiger partial charge in [0.2, 0.25) is 0 Å². The third kappa shape index (κ3) is 6.83. The van der Waals surface area contributed by atoms with Crippen LogP contribution in [-0.4, -0.2) is 42.2 Å². The minimum absolute atomic E-state index is 0.342. The standard InChI is InChI=1S/C14H18BrN3O4S/c1-3-16-14(23)18-17-7-9-5-11(21-4-2)12(6-10(9)15)22-8-13(19)20/h5-7H,3-4,8H2,1-2H3,(H,19,20)(H2,16,18,23)/b17-7-. The number of carboxylic acid groups (broad SMARTS) is 1. The van der Waals surface area contributed by atoms with Gasteiger partial charge in [-0.05, 0) is 54.1 Å². The van der Waals surface area contributed by atoms with Crippen molar-refractivity contribution in [2.75, 3.05) is 19.8 Å². The Morgan fingerprint density at radius 2 is 2.09 bits per heavy atom. The van der Waals surface area contributed by atoms with E-state index < -0.39 is 12.6 Å². The van der Waals surface area contributed by atoms with E-state index in [2.05, 4.69) is 31.8 Å². The minimum atomic E-state index is -1.06.